The van der Waals surface area contributed by atoms with Gasteiger partial charge >= 0.3 is 5.97 Å². The van der Waals surface area contributed by atoms with E-state index in [1.165, 1.54) is 23.2 Å². The van der Waals surface area contributed by atoms with Crippen LogP contribution in [0.4, 0.5) is 0 Å². The van der Waals surface area contributed by atoms with Crippen LogP contribution in [-0.2, 0) is 16.1 Å². The average molecular weight is 388 g/mol. The largest absolute Gasteiger partial charge is 0.493 e. The van der Waals surface area contributed by atoms with Crippen molar-refractivity contribution in [1.82, 2.24) is 9.88 Å². The van der Waals surface area contributed by atoms with E-state index < -0.39 is 18.1 Å². The Morgan fingerprint density at radius 2 is 1.93 bits per heavy atom. The highest BCUT2D eigenvalue weighted by Crippen LogP contribution is 2.28. The molecule has 0 aliphatic rings. The average Bonchev–Trinajstić information content (AvgIpc) is 2.71. The van der Waals surface area contributed by atoms with Crippen LogP contribution in [0.2, 0.25) is 0 Å². The zero-order chi connectivity index (χ0) is 20.5. The van der Waals surface area contributed by atoms with E-state index in [1.807, 2.05) is 19.9 Å². The molecular weight excluding hydrogens is 364 g/mol. The van der Waals surface area contributed by atoms with Crippen LogP contribution in [0.5, 0.6) is 11.5 Å². The number of H-pyrrole nitrogens is 1. The lowest BCUT2D eigenvalue weighted by atomic mass is 10.2. The van der Waals surface area contributed by atoms with Crippen molar-refractivity contribution in [3.05, 3.63) is 58.0 Å². The number of hydrogen-bond donors (Lipinski definition) is 1. The summed E-state index contributed by atoms with van der Waals surface area (Å²) in [7, 11) is 1.55. The molecule has 1 N–H and O–H groups in total. The van der Waals surface area contributed by atoms with Gasteiger partial charge in [0.1, 0.15) is 5.56 Å². The van der Waals surface area contributed by atoms with E-state index in [9.17, 15) is 14.4 Å². The predicted octanol–water partition coefficient (Wildman–Crippen LogP) is 1.99. The normalized spacial score (nSPS) is 10.2. The van der Waals surface area contributed by atoms with Crippen LogP contribution in [0.1, 0.15) is 29.8 Å². The van der Waals surface area contributed by atoms with E-state index >= 15 is 0 Å². The van der Waals surface area contributed by atoms with Crippen molar-refractivity contribution >= 4 is 11.9 Å². The molecule has 28 heavy (non-hydrogen) atoms. The number of amides is 1. The fraction of sp³-hybridized carbons (Fsp3) is 0.350. The summed E-state index contributed by atoms with van der Waals surface area (Å²) in [6.45, 7) is 4.53. The van der Waals surface area contributed by atoms with Crippen molar-refractivity contribution in [3.8, 4) is 11.5 Å². The first kappa shape index (κ1) is 21.0. The molecule has 1 heterocycles. The molecule has 0 saturated carbocycles. The van der Waals surface area contributed by atoms with Crippen LogP contribution in [0, 0.1) is 0 Å². The van der Waals surface area contributed by atoms with Gasteiger partial charge in [0, 0.05) is 19.3 Å². The van der Waals surface area contributed by atoms with E-state index in [4.69, 9.17) is 14.2 Å². The second-order valence-electron chi connectivity index (χ2n) is 5.82. The van der Waals surface area contributed by atoms with Crippen LogP contribution in [0.25, 0.3) is 0 Å². The van der Waals surface area contributed by atoms with Gasteiger partial charge in [-0.05, 0) is 43.7 Å². The van der Waals surface area contributed by atoms with E-state index in [-0.39, 0.29) is 11.5 Å². The molecule has 8 heteroatoms. The number of nitrogens with one attached hydrogen (secondary N) is 1. The quantitative estimate of drug-likeness (QED) is 0.660. The number of aromatic amines is 1. The lowest BCUT2D eigenvalue weighted by Crippen LogP contribution is -2.34. The highest BCUT2D eigenvalue weighted by Gasteiger charge is 2.18. The Bertz CT molecular complexity index is 877. The zero-order valence-corrected chi connectivity index (χ0v) is 16.2. The number of esters is 1. The topological polar surface area (TPSA) is 97.9 Å². The van der Waals surface area contributed by atoms with E-state index in [0.29, 0.717) is 31.2 Å². The third-order valence-corrected chi connectivity index (χ3v) is 4.00. The first-order chi connectivity index (χ1) is 13.5. The molecule has 0 unspecified atom stereocenters. The number of rotatable bonds is 9. The molecule has 0 bridgehead atoms. The summed E-state index contributed by atoms with van der Waals surface area (Å²) in [5.74, 6) is 0.00720. The SMILES string of the molecule is CCOc1ccc(CN(CC)C(=O)COC(=O)c2ccc[nH]c2=O)cc1OC. The minimum atomic E-state index is -0.839. The number of pyridine rings is 1. The number of carbonyl (C=O) groups excluding carboxylic acids is 2. The molecule has 0 spiro atoms. The van der Waals surface area contributed by atoms with Crippen molar-refractivity contribution in [2.75, 3.05) is 26.9 Å². The number of ether oxygens (including phenoxy) is 3. The molecule has 0 saturated heterocycles. The minimum absolute atomic E-state index is 0.144. The Balaban J connectivity index is 2.01. The third-order valence-electron chi connectivity index (χ3n) is 4.00. The Labute approximate surface area is 163 Å². The van der Waals surface area contributed by atoms with Crippen LogP contribution < -0.4 is 15.0 Å². The van der Waals surface area contributed by atoms with Gasteiger partial charge < -0.3 is 24.1 Å². The summed E-state index contributed by atoms with van der Waals surface area (Å²) < 4.78 is 15.8. The van der Waals surface area contributed by atoms with Gasteiger partial charge in [0.2, 0.25) is 0 Å². The van der Waals surface area contributed by atoms with Crippen molar-refractivity contribution in [2.24, 2.45) is 0 Å². The number of nitrogens with zero attached hydrogens (tertiary/aromatic N) is 1. The number of likely N-dealkylation sites (N-methyl/N-ethyl adjacent to an activating group) is 1. The molecule has 8 nitrogen and oxygen atoms in total. The lowest BCUT2D eigenvalue weighted by molar-refractivity contribution is -0.134. The van der Waals surface area contributed by atoms with Crippen LogP contribution in [0.15, 0.2) is 41.3 Å². The summed E-state index contributed by atoms with van der Waals surface area (Å²) in [5.41, 5.74) is 0.143. The monoisotopic (exact) mass is 388 g/mol. The minimum Gasteiger partial charge on any atom is -0.493 e. The standard InChI is InChI=1S/C20H24N2O6/c1-4-22(12-14-8-9-16(27-5-2)17(11-14)26-3)18(23)13-28-20(25)15-7-6-10-21-19(15)24/h6-11H,4-5,12-13H2,1-3H3,(H,21,24). The maximum Gasteiger partial charge on any atom is 0.344 e. The Morgan fingerprint density at radius 1 is 1.14 bits per heavy atom. The first-order valence-corrected chi connectivity index (χ1v) is 8.92. The molecule has 1 amide bonds. The number of benzene rings is 1. The number of carbonyl (C=O) groups is 2. The molecule has 0 aliphatic carbocycles. The van der Waals surface area contributed by atoms with E-state index in [1.54, 1.807) is 19.2 Å². The smallest absolute Gasteiger partial charge is 0.344 e. The van der Waals surface area contributed by atoms with Crippen LogP contribution >= 0.6 is 0 Å². The Kier molecular flexibility index (Phi) is 7.62. The molecule has 1 aromatic carbocycles. The van der Waals surface area contributed by atoms with Gasteiger partial charge in [-0.25, -0.2) is 4.79 Å². The fourth-order valence-corrected chi connectivity index (χ4v) is 2.56. The van der Waals surface area contributed by atoms with Gasteiger partial charge in [-0.2, -0.15) is 0 Å². The van der Waals surface area contributed by atoms with Gasteiger partial charge in [0.15, 0.2) is 18.1 Å². The van der Waals surface area contributed by atoms with Crippen molar-refractivity contribution in [3.63, 3.8) is 0 Å². The number of aromatic nitrogens is 1. The summed E-state index contributed by atoms with van der Waals surface area (Å²) >= 11 is 0. The maximum atomic E-state index is 12.4. The summed E-state index contributed by atoms with van der Waals surface area (Å²) in [4.78, 5) is 39.9. The molecule has 2 aromatic rings. The highest BCUT2D eigenvalue weighted by atomic mass is 16.5. The van der Waals surface area contributed by atoms with Gasteiger partial charge in [-0.1, -0.05) is 6.07 Å². The molecule has 0 fully saturated rings. The van der Waals surface area contributed by atoms with E-state index in [0.717, 1.165) is 5.56 Å². The lowest BCUT2D eigenvalue weighted by Gasteiger charge is -2.21. The summed E-state index contributed by atoms with van der Waals surface area (Å²) in [6, 6.07) is 8.29. The maximum absolute atomic E-state index is 12.4. The van der Waals surface area contributed by atoms with Crippen molar-refractivity contribution in [2.45, 2.75) is 20.4 Å². The number of hydrogen-bond acceptors (Lipinski definition) is 6. The van der Waals surface area contributed by atoms with Gasteiger partial charge in [0.25, 0.3) is 11.5 Å². The van der Waals surface area contributed by atoms with Gasteiger partial charge in [-0.3, -0.25) is 9.59 Å². The second-order valence-corrected chi connectivity index (χ2v) is 5.82. The summed E-state index contributed by atoms with van der Waals surface area (Å²) in [5, 5.41) is 0. The van der Waals surface area contributed by atoms with Crippen molar-refractivity contribution in [1.29, 1.82) is 0 Å². The molecule has 2 rings (SSSR count). The Morgan fingerprint density at radius 3 is 2.57 bits per heavy atom. The zero-order valence-electron chi connectivity index (χ0n) is 16.2. The van der Waals surface area contributed by atoms with Crippen LogP contribution in [-0.4, -0.2) is 48.6 Å². The summed E-state index contributed by atoms with van der Waals surface area (Å²) in [6.07, 6.45) is 1.41. The molecule has 0 radical (unpaired) electrons. The molecule has 1 aromatic heterocycles. The first-order valence-electron chi connectivity index (χ1n) is 8.92. The van der Waals surface area contributed by atoms with Crippen molar-refractivity contribution < 1.29 is 23.8 Å². The molecule has 150 valence electrons. The van der Waals surface area contributed by atoms with Gasteiger partial charge in [0.05, 0.1) is 13.7 Å². The third kappa shape index (κ3) is 5.35. The second kappa shape index (κ2) is 10.1. The Hall–Kier alpha value is -3.29. The molecule has 0 atom stereocenters. The van der Waals surface area contributed by atoms with E-state index in [2.05, 4.69) is 4.98 Å². The van der Waals surface area contributed by atoms with Gasteiger partial charge in [-0.15, -0.1) is 0 Å². The molecule has 0 aliphatic heterocycles. The fourth-order valence-electron chi connectivity index (χ4n) is 2.56. The predicted molar refractivity (Wildman–Crippen MR) is 103 cm³/mol. The number of methoxy groups -OCH3 is 1. The van der Waals surface area contributed by atoms with Crippen LogP contribution in [0.3, 0.4) is 0 Å². The molecular formula is C20H24N2O6. The highest BCUT2D eigenvalue weighted by molar-refractivity contribution is 5.90.